The van der Waals surface area contributed by atoms with E-state index in [4.69, 9.17) is 17.3 Å². The molecule has 16 heavy (non-hydrogen) atoms. The molecule has 1 rings (SSSR count). The summed E-state index contributed by atoms with van der Waals surface area (Å²) in [5, 5.41) is 0.159. The second-order valence-corrected chi connectivity index (χ2v) is 5.53. The van der Waals surface area contributed by atoms with E-state index in [1.165, 1.54) is 16.4 Å². The van der Waals surface area contributed by atoms with Crippen molar-refractivity contribution in [2.24, 2.45) is 0 Å². The molecule has 1 aromatic rings. The smallest absolute Gasteiger partial charge is 0.246 e. The third-order valence-electron chi connectivity index (χ3n) is 2.30. The van der Waals surface area contributed by atoms with Crippen molar-refractivity contribution >= 4 is 27.3 Å². The second kappa shape index (κ2) is 5.03. The van der Waals surface area contributed by atoms with E-state index in [1.54, 1.807) is 19.9 Å². The number of anilines is 1. The van der Waals surface area contributed by atoms with E-state index in [0.29, 0.717) is 13.1 Å². The molecule has 0 fully saturated rings. The summed E-state index contributed by atoms with van der Waals surface area (Å²) in [5.74, 6) is 0. The summed E-state index contributed by atoms with van der Waals surface area (Å²) >= 11 is 5.89. The highest BCUT2D eigenvalue weighted by Crippen LogP contribution is 2.29. The van der Waals surface area contributed by atoms with Crippen LogP contribution in [-0.2, 0) is 10.0 Å². The minimum absolute atomic E-state index is 0.000340. The van der Waals surface area contributed by atoms with E-state index >= 15 is 0 Å². The number of nitrogens with two attached hydrogens (primary N) is 1. The standard InChI is InChI=1S/C10H15ClN2O2S/c1-3-13(4-2)16(14,15)10-8(11)6-5-7-9(10)12/h5-7H,3-4,12H2,1-2H3. The van der Waals surface area contributed by atoms with Gasteiger partial charge in [-0.25, -0.2) is 8.42 Å². The van der Waals surface area contributed by atoms with E-state index < -0.39 is 10.0 Å². The van der Waals surface area contributed by atoms with Crippen LogP contribution < -0.4 is 5.73 Å². The number of hydrogen-bond acceptors (Lipinski definition) is 3. The van der Waals surface area contributed by atoms with Crippen LogP contribution in [0.25, 0.3) is 0 Å². The zero-order chi connectivity index (χ0) is 12.3. The maximum Gasteiger partial charge on any atom is 0.246 e. The summed E-state index contributed by atoms with van der Waals surface area (Å²) < 4.78 is 25.7. The summed E-state index contributed by atoms with van der Waals surface area (Å²) in [5.41, 5.74) is 5.84. The van der Waals surface area contributed by atoms with E-state index in [0.717, 1.165) is 0 Å². The molecule has 90 valence electrons. The molecule has 0 aliphatic rings. The minimum Gasteiger partial charge on any atom is -0.398 e. The molecule has 0 saturated carbocycles. The summed E-state index contributed by atoms with van der Waals surface area (Å²) in [6.45, 7) is 4.33. The predicted molar refractivity (Wildman–Crippen MR) is 66.0 cm³/mol. The van der Waals surface area contributed by atoms with Gasteiger partial charge < -0.3 is 5.73 Å². The van der Waals surface area contributed by atoms with Gasteiger partial charge in [0.15, 0.2) is 0 Å². The number of nitrogen functional groups attached to an aromatic ring is 1. The first kappa shape index (κ1) is 13.3. The van der Waals surface area contributed by atoms with Crippen LogP contribution in [0.2, 0.25) is 5.02 Å². The molecule has 0 unspecified atom stereocenters. The summed E-state index contributed by atoms with van der Waals surface area (Å²) in [7, 11) is -3.59. The lowest BCUT2D eigenvalue weighted by molar-refractivity contribution is 0.445. The van der Waals surface area contributed by atoms with Gasteiger partial charge in [-0.1, -0.05) is 31.5 Å². The first-order valence-electron chi connectivity index (χ1n) is 4.99. The SMILES string of the molecule is CCN(CC)S(=O)(=O)c1c(N)cccc1Cl. The van der Waals surface area contributed by atoms with Crippen LogP contribution in [0.1, 0.15) is 13.8 Å². The number of hydrogen-bond donors (Lipinski definition) is 1. The van der Waals surface area contributed by atoms with Gasteiger partial charge in [0.05, 0.1) is 10.7 Å². The Morgan fingerprint density at radius 1 is 1.31 bits per heavy atom. The van der Waals surface area contributed by atoms with Crippen molar-refractivity contribution in [3.05, 3.63) is 23.2 Å². The summed E-state index contributed by atoms with van der Waals surface area (Å²) in [6.07, 6.45) is 0. The Balaban J connectivity index is 3.38. The molecule has 2 N–H and O–H groups in total. The fraction of sp³-hybridized carbons (Fsp3) is 0.400. The Hall–Kier alpha value is -0.780. The highest BCUT2D eigenvalue weighted by Gasteiger charge is 2.26. The summed E-state index contributed by atoms with van der Waals surface area (Å²) in [6, 6.07) is 4.68. The van der Waals surface area contributed by atoms with Crippen molar-refractivity contribution in [1.82, 2.24) is 4.31 Å². The first-order valence-corrected chi connectivity index (χ1v) is 6.81. The average molecular weight is 263 g/mol. The maximum atomic E-state index is 12.2. The number of halogens is 1. The van der Waals surface area contributed by atoms with Crippen molar-refractivity contribution in [1.29, 1.82) is 0 Å². The van der Waals surface area contributed by atoms with Crippen molar-refractivity contribution in [3.63, 3.8) is 0 Å². The van der Waals surface area contributed by atoms with Crippen LogP contribution in [0.3, 0.4) is 0 Å². The number of nitrogens with zero attached hydrogens (tertiary/aromatic N) is 1. The van der Waals surface area contributed by atoms with Crippen LogP contribution in [-0.4, -0.2) is 25.8 Å². The highest BCUT2D eigenvalue weighted by molar-refractivity contribution is 7.89. The van der Waals surface area contributed by atoms with Gasteiger partial charge in [-0.2, -0.15) is 4.31 Å². The fourth-order valence-corrected chi connectivity index (χ4v) is 3.58. The van der Waals surface area contributed by atoms with E-state index in [1.807, 2.05) is 0 Å². The fourth-order valence-electron chi connectivity index (χ4n) is 1.49. The molecule has 0 atom stereocenters. The molecule has 0 heterocycles. The lowest BCUT2D eigenvalue weighted by Crippen LogP contribution is -2.31. The van der Waals surface area contributed by atoms with Crippen LogP contribution >= 0.6 is 11.6 Å². The lowest BCUT2D eigenvalue weighted by atomic mass is 10.3. The molecule has 0 amide bonds. The van der Waals surface area contributed by atoms with Crippen LogP contribution in [0, 0.1) is 0 Å². The van der Waals surface area contributed by atoms with E-state index in [-0.39, 0.29) is 15.6 Å². The van der Waals surface area contributed by atoms with Crippen molar-refractivity contribution < 1.29 is 8.42 Å². The molecular formula is C10H15ClN2O2S. The molecule has 0 saturated heterocycles. The number of rotatable bonds is 4. The van der Waals surface area contributed by atoms with Crippen LogP contribution in [0.15, 0.2) is 23.1 Å². The zero-order valence-electron chi connectivity index (χ0n) is 9.27. The summed E-state index contributed by atoms with van der Waals surface area (Å²) in [4.78, 5) is 0.000340. The Bertz CT molecular complexity index is 449. The second-order valence-electron chi connectivity index (χ2n) is 3.25. The predicted octanol–water partition coefficient (Wildman–Crippen LogP) is 1.95. The third kappa shape index (κ3) is 2.31. The van der Waals surface area contributed by atoms with Gasteiger partial charge in [0.25, 0.3) is 0 Å². The van der Waals surface area contributed by atoms with Gasteiger partial charge in [0.1, 0.15) is 4.90 Å². The lowest BCUT2D eigenvalue weighted by Gasteiger charge is -2.20. The number of benzene rings is 1. The quantitative estimate of drug-likeness (QED) is 0.844. The van der Waals surface area contributed by atoms with Gasteiger partial charge in [-0.05, 0) is 12.1 Å². The normalized spacial score (nSPS) is 12.0. The van der Waals surface area contributed by atoms with Gasteiger partial charge in [0.2, 0.25) is 10.0 Å². The highest BCUT2D eigenvalue weighted by atomic mass is 35.5. The van der Waals surface area contributed by atoms with Crippen LogP contribution in [0.4, 0.5) is 5.69 Å². The van der Waals surface area contributed by atoms with Crippen molar-refractivity contribution in [3.8, 4) is 0 Å². The maximum absolute atomic E-state index is 12.2. The Kier molecular flexibility index (Phi) is 4.18. The topological polar surface area (TPSA) is 63.4 Å². The van der Waals surface area contributed by atoms with Crippen molar-refractivity contribution in [2.45, 2.75) is 18.7 Å². The minimum atomic E-state index is -3.59. The average Bonchev–Trinajstić information content (AvgIpc) is 2.18. The van der Waals surface area contributed by atoms with Gasteiger partial charge >= 0.3 is 0 Å². The molecule has 0 aliphatic carbocycles. The van der Waals surface area contributed by atoms with Crippen molar-refractivity contribution in [2.75, 3.05) is 18.8 Å². The molecular weight excluding hydrogens is 248 g/mol. The third-order valence-corrected chi connectivity index (χ3v) is 4.90. The molecule has 0 aliphatic heterocycles. The number of sulfonamides is 1. The van der Waals surface area contributed by atoms with E-state index in [9.17, 15) is 8.42 Å². The van der Waals surface area contributed by atoms with Gasteiger partial charge in [-0.15, -0.1) is 0 Å². The first-order chi connectivity index (χ1) is 7.45. The molecule has 4 nitrogen and oxygen atoms in total. The molecule has 1 aromatic carbocycles. The van der Waals surface area contributed by atoms with Gasteiger partial charge in [-0.3, -0.25) is 0 Å². The Morgan fingerprint density at radius 2 is 1.88 bits per heavy atom. The molecule has 0 radical (unpaired) electrons. The van der Waals surface area contributed by atoms with Gasteiger partial charge in [0, 0.05) is 13.1 Å². The Labute approximate surface area is 101 Å². The largest absolute Gasteiger partial charge is 0.398 e. The van der Waals surface area contributed by atoms with Crippen LogP contribution in [0.5, 0.6) is 0 Å². The Morgan fingerprint density at radius 3 is 2.31 bits per heavy atom. The zero-order valence-corrected chi connectivity index (χ0v) is 10.8. The molecule has 6 heteroatoms. The molecule has 0 aromatic heterocycles. The molecule has 0 bridgehead atoms. The molecule has 0 spiro atoms. The van der Waals surface area contributed by atoms with E-state index in [2.05, 4.69) is 0 Å². The monoisotopic (exact) mass is 262 g/mol.